The fraction of sp³-hybridized carbons (Fsp3) is 0.364. The van der Waals surface area contributed by atoms with Gasteiger partial charge in [0.05, 0.1) is 0 Å². The van der Waals surface area contributed by atoms with Crippen molar-refractivity contribution in [3.8, 4) is 0 Å². The maximum absolute atomic E-state index is 11.2. The Bertz CT molecular complexity index is 358. The quantitative estimate of drug-likeness (QED) is 0.809. The monoisotopic (exact) mass is 253 g/mol. The summed E-state index contributed by atoms with van der Waals surface area (Å²) in [6, 6.07) is 7.63. The van der Waals surface area contributed by atoms with Crippen LogP contribution in [0.25, 0.3) is 0 Å². The maximum atomic E-state index is 11.2. The molecule has 1 amide bonds. The number of nitrogens with two attached hydrogens (primary N) is 1. The number of carbonyl (C=O) groups is 1. The van der Waals surface area contributed by atoms with Crippen molar-refractivity contribution in [1.29, 1.82) is 0 Å². The van der Waals surface area contributed by atoms with E-state index < -0.39 is 0 Å². The first kappa shape index (κ1) is 9.71. The second kappa shape index (κ2) is 3.73. The third-order valence-corrected chi connectivity index (χ3v) is 3.49. The second-order valence-corrected chi connectivity index (χ2v) is 5.01. The van der Waals surface area contributed by atoms with Crippen LogP contribution in [-0.2, 0) is 0 Å². The predicted octanol–water partition coefficient (Wildman–Crippen LogP) is 2.43. The zero-order valence-electron chi connectivity index (χ0n) is 7.74. The highest BCUT2D eigenvalue weighted by Crippen LogP contribution is 2.42. The molecule has 0 aliphatic heterocycles. The summed E-state index contributed by atoms with van der Waals surface area (Å²) >= 11 is 3.54. The first-order chi connectivity index (χ1) is 6.68. The van der Waals surface area contributed by atoms with Crippen molar-refractivity contribution in [1.82, 2.24) is 0 Å². The van der Waals surface area contributed by atoms with Crippen molar-refractivity contribution in [2.45, 2.75) is 23.6 Å². The average molecular weight is 254 g/mol. The van der Waals surface area contributed by atoms with Crippen LogP contribution >= 0.6 is 15.9 Å². The molecular formula is C11H12BrNO. The molecule has 1 aromatic carbocycles. The van der Waals surface area contributed by atoms with Crippen LogP contribution in [0, 0.1) is 0 Å². The van der Waals surface area contributed by atoms with Crippen LogP contribution in [0.3, 0.4) is 0 Å². The van der Waals surface area contributed by atoms with Gasteiger partial charge in [0.25, 0.3) is 0 Å². The second-order valence-electron chi connectivity index (χ2n) is 3.72. The molecule has 1 aliphatic rings. The molecule has 1 saturated carbocycles. The molecule has 1 aromatic rings. The minimum Gasteiger partial charge on any atom is -0.366 e. The Balaban J connectivity index is 2.28. The number of carbonyl (C=O) groups excluding carboxylic acids is 1. The lowest BCUT2D eigenvalue weighted by atomic mass is 9.78. The van der Waals surface area contributed by atoms with Gasteiger partial charge in [0.2, 0.25) is 5.91 Å². The zero-order chi connectivity index (χ0) is 10.1. The lowest BCUT2D eigenvalue weighted by Crippen LogP contribution is -2.24. The summed E-state index contributed by atoms with van der Waals surface area (Å²) in [6.07, 6.45) is 2.20. The first-order valence-electron chi connectivity index (χ1n) is 4.71. The number of rotatable bonds is 2. The molecule has 2 N–H and O–H groups in total. The van der Waals surface area contributed by atoms with Gasteiger partial charge in [-0.15, -0.1) is 0 Å². The van der Waals surface area contributed by atoms with E-state index in [4.69, 9.17) is 5.73 Å². The van der Waals surface area contributed by atoms with Crippen LogP contribution < -0.4 is 5.73 Å². The SMILES string of the molecule is NC(=O)c1ccccc1C1CC(Br)C1. The molecule has 0 bridgehead atoms. The molecule has 3 heteroatoms. The van der Waals surface area contributed by atoms with Crippen LogP contribution in [0.2, 0.25) is 0 Å². The number of primary amides is 1. The van der Waals surface area contributed by atoms with Gasteiger partial charge in [0.15, 0.2) is 0 Å². The van der Waals surface area contributed by atoms with E-state index in [1.165, 1.54) is 0 Å². The van der Waals surface area contributed by atoms with E-state index in [0.29, 0.717) is 16.3 Å². The van der Waals surface area contributed by atoms with Gasteiger partial charge in [0, 0.05) is 10.4 Å². The lowest BCUT2D eigenvalue weighted by molar-refractivity contribution is 0.0998. The zero-order valence-corrected chi connectivity index (χ0v) is 9.33. The number of alkyl halides is 1. The number of amides is 1. The van der Waals surface area contributed by atoms with Gasteiger partial charge in [-0.2, -0.15) is 0 Å². The minimum absolute atomic E-state index is 0.321. The molecule has 0 aromatic heterocycles. The number of halogens is 1. The minimum atomic E-state index is -0.321. The molecule has 0 saturated heterocycles. The summed E-state index contributed by atoms with van der Waals surface area (Å²) in [5, 5.41) is 0. The number of benzene rings is 1. The number of hydrogen-bond acceptors (Lipinski definition) is 1. The Morgan fingerprint density at radius 3 is 2.57 bits per heavy atom. The van der Waals surface area contributed by atoms with Gasteiger partial charge in [-0.05, 0) is 30.4 Å². The van der Waals surface area contributed by atoms with Crippen molar-refractivity contribution in [2.24, 2.45) is 5.73 Å². The van der Waals surface area contributed by atoms with E-state index in [-0.39, 0.29) is 5.91 Å². The van der Waals surface area contributed by atoms with Crippen LogP contribution in [0.5, 0.6) is 0 Å². The van der Waals surface area contributed by atoms with Gasteiger partial charge in [-0.3, -0.25) is 4.79 Å². The maximum Gasteiger partial charge on any atom is 0.248 e. The molecule has 2 nitrogen and oxygen atoms in total. The van der Waals surface area contributed by atoms with Gasteiger partial charge in [0.1, 0.15) is 0 Å². The summed E-state index contributed by atoms with van der Waals surface area (Å²) in [7, 11) is 0. The fourth-order valence-electron chi connectivity index (χ4n) is 1.88. The predicted molar refractivity (Wildman–Crippen MR) is 59.6 cm³/mol. The van der Waals surface area contributed by atoms with Crippen molar-refractivity contribution in [3.05, 3.63) is 35.4 Å². The summed E-state index contributed by atoms with van der Waals surface area (Å²) in [5.41, 5.74) is 7.10. The molecule has 0 unspecified atom stereocenters. The van der Waals surface area contributed by atoms with Crippen molar-refractivity contribution in [3.63, 3.8) is 0 Å². The third-order valence-electron chi connectivity index (χ3n) is 2.75. The van der Waals surface area contributed by atoms with E-state index in [1.54, 1.807) is 6.07 Å². The summed E-state index contributed by atoms with van der Waals surface area (Å²) in [5.74, 6) is 0.182. The standard InChI is InChI=1S/C11H12BrNO/c12-8-5-7(6-8)9-3-1-2-4-10(9)11(13)14/h1-4,7-8H,5-6H2,(H2,13,14). The summed E-state index contributed by atoms with van der Waals surface area (Å²) in [6.45, 7) is 0. The number of hydrogen-bond donors (Lipinski definition) is 1. The molecule has 1 fully saturated rings. The Kier molecular flexibility index (Phi) is 2.59. The van der Waals surface area contributed by atoms with E-state index in [1.807, 2.05) is 18.2 Å². The smallest absolute Gasteiger partial charge is 0.248 e. The van der Waals surface area contributed by atoms with E-state index in [0.717, 1.165) is 18.4 Å². The van der Waals surface area contributed by atoms with Gasteiger partial charge < -0.3 is 5.73 Å². The van der Waals surface area contributed by atoms with E-state index in [2.05, 4.69) is 15.9 Å². The Morgan fingerprint density at radius 1 is 1.36 bits per heavy atom. The Labute approximate surface area is 91.6 Å². The highest BCUT2D eigenvalue weighted by molar-refractivity contribution is 9.09. The molecule has 74 valence electrons. The molecule has 1 aliphatic carbocycles. The molecule has 2 rings (SSSR count). The summed E-state index contributed by atoms with van der Waals surface area (Å²) in [4.78, 5) is 11.8. The summed E-state index contributed by atoms with van der Waals surface area (Å²) < 4.78 is 0. The fourth-order valence-corrected chi connectivity index (χ4v) is 2.78. The Morgan fingerprint density at radius 2 is 2.00 bits per heavy atom. The molecular weight excluding hydrogens is 242 g/mol. The van der Waals surface area contributed by atoms with Crippen molar-refractivity contribution in [2.75, 3.05) is 0 Å². The molecule has 0 atom stereocenters. The van der Waals surface area contributed by atoms with Crippen LogP contribution in [-0.4, -0.2) is 10.7 Å². The van der Waals surface area contributed by atoms with Crippen LogP contribution in [0.15, 0.2) is 24.3 Å². The highest BCUT2D eigenvalue weighted by atomic mass is 79.9. The topological polar surface area (TPSA) is 43.1 Å². The van der Waals surface area contributed by atoms with Crippen molar-refractivity contribution >= 4 is 21.8 Å². The van der Waals surface area contributed by atoms with Crippen LogP contribution in [0.1, 0.15) is 34.7 Å². The molecule has 0 spiro atoms. The lowest BCUT2D eigenvalue weighted by Gasteiger charge is -2.32. The van der Waals surface area contributed by atoms with E-state index >= 15 is 0 Å². The first-order valence-corrected chi connectivity index (χ1v) is 5.63. The van der Waals surface area contributed by atoms with Crippen LogP contribution in [0.4, 0.5) is 0 Å². The largest absolute Gasteiger partial charge is 0.366 e. The molecule has 0 radical (unpaired) electrons. The van der Waals surface area contributed by atoms with Gasteiger partial charge in [-0.1, -0.05) is 34.1 Å². The molecule has 14 heavy (non-hydrogen) atoms. The Hall–Kier alpha value is -0.830. The van der Waals surface area contributed by atoms with E-state index in [9.17, 15) is 4.79 Å². The van der Waals surface area contributed by atoms with Crippen molar-refractivity contribution < 1.29 is 4.79 Å². The normalized spacial score (nSPS) is 25.5. The van der Waals surface area contributed by atoms with Gasteiger partial charge in [-0.25, -0.2) is 0 Å². The third kappa shape index (κ3) is 1.69. The molecule has 0 heterocycles. The highest BCUT2D eigenvalue weighted by Gasteiger charge is 2.30. The van der Waals surface area contributed by atoms with Gasteiger partial charge >= 0.3 is 0 Å². The average Bonchev–Trinajstić information content (AvgIpc) is 2.13.